The molecule has 0 aliphatic rings. The number of ether oxygens (including phenoxy) is 1. The van der Waals surface area contributed by atoms with E-state index in [1.807, 2.05) is 72.8 Å². The van der Waals surface area contributed by atoms with Gasteiger partial charge in [-0.3, -0.25) is 4.79 Å². The van der Waals surface area contributed by atoms with E-state index in [1.54, 1.807) is 12.1 Å². The molecule has 5 aromatic rings. The Hall–Kier alpha value is -5.12. The van der Waals surface area contributed by atoms with Gasteiger partial charge in [0.15, 0.2) is 0 Å². The molecule has 6 N–H and O–H groups in total. The normalized spacial score (nSPS) is 12.5. The van der Waals surface area contributed by atoms with Crippen molar-refractivity contribution < 1.29 is 24.9 Å². The van der Waals surface area contributed by atoms with Crippen LogP contribution in [0.15, 0.2) is 108 Å². The molecule has 220 valence electrons. The number of aliphatic hydroxyl groups excluding tert-OH is 1. The lowest BCUT2D eigenvalue weighted by atomic mass is 9.98. The van der Waals surface area contributed by atoms with Gasteiger partial charge in [-0.1, -0.05) is 72.8 Å². The molecular formula is C34H33N3O6. The smallest absolute Gasteiger partial charge is 0.405 e. The van der Waals surface area contributed by atoms with E-state index in [1.165, 1.54) is 12.1 Å². The maximum absolute atomic E-state index is 11.6. The van der Waals surface area contributed by atoms with E-state index in [0.29, 0.717) is 41.9 Å². The SMILES string of the molecule is O=C(O)N[C@@H](c1ccccc1)c1cccc(OCc2cccc(CCNCC(O)c3ccc(O)c4[nH]c(=O)ccc34)c2)c1. The Bertz CT molecular complexity index is 1750. The second-order valence-corrected chi connectivity index (χ2v) is 10.2. The molecule has 0 radical (unpaired) electrons. The second kappa shape index (κ2) is 13.7. The summed E-state index contributed by atoms with van der Waals surface area (Å²) in [5, 5.41) is 36.7. The highest BCUT2D eigenvalue weighted by Crippen LogP contribution is 2.29. The molecule has 0 saturated heterocycles. The predicted molar refractivity (Wildman–Crippen MR) is 164 cm³/mol. The highest BCUT2D eigenvalue weighted by Gasteiger charge is 2.17. The van der Waals surface area contributed by atoms with Crippen molar-refractivity contribution in [3.8, 4) is 11.5 Å². The molecule has 1 heterocycles. The van der Waals surface area contributed by atoms with E-state index < -0.39 is 18.2 Å². The van der Waals surface area contributed by atoms with Crippen molar-refractivity contribution >= 4 is 17.0 Å². The first-order valence-electron chi connectivity index (χ1n) is 14.0. The van der Waals surface area contributed by atoms with Crippen LogP contribution < -0.4 is 20.9 Å². The van der Waals surface area contributed by atoms with Crippen LogP contribution in [0.25, 0.3) is 10.9 Å². The van der Waals surface area contributed by atoms with Crippen LogP contribution in [0.1, 0.15) is 40.0 Å². The van der Waals surface area contributed by atoms with Gasteiger partial charge in [0, 0.05) is 18.0 Å². The molecule has 43 heavy (non-hydrogen) atoms. The van der Waals surface area contributed by atoms with Gasteiger partial charge in [0.05, 0.1) is 17.7 Å². The number of rotatable bonds is 12. The average Bonchev–Trinajstić information content (AvgIpc) is 3.02. The first-order chi connectivity index (χ1) is 20.9. The Morgan fingerprint density at radius 2 is 1.63 bits per heavy atom. The molecule has 2 atom stereocenters. The first kappa shape index (κ1) is 29.4. The highest BCUT2D eigenvalue weighted by molar-refractivity contribution is 5.87. The number of hydrogen-bond acceptors (Lipinski definition) is 6. The van der Waals surface area contributed by atoms with E-state index in [9.17, 15) is 24.9 Å². The minimum Gasteiger partial charge on any atom is -0.506 e. The number of aliphatic hydroxyl groups is 1. The molecule has 1 aromatic heterocycles. The fraction of sp³-hybridized carbons (Fsp3) is 0.176. The Morgan fingerprint density at radius 3 is 2.44 bits per heavy atom. The lowest BCUT2D eigenvalue weighted by molar-refractivity contribution is 0.176. The number of benzene rings is 4. The minimum atomic E-state index is -1.10. The summed E-state index contributed by atoms with van der Waals surface area (Å²) in [7, 11) is 0. The fourth-order valence-corrected chi connectivity index (χ4v) is 5.08. The Kier molecular flexibility index (Phi) is 9.36. The standard InChI is InChI=1S/C34H33N3O6/c38-29-14-12-27(28-13-15-31(40)36-33(28)29)30(39)20-35-17-16-22-6-4-7-23(18-22)21-43-26-11-5-10-25(19-26)32(37-34(41)42)24-8-2-1-3-9-24/h1-15,18-19,30,32,35,37-39H,16-17,20-21H2,(H,36,40)(H,41,42)/t30?,32-/m0/s1. The summed E-state index contributed by atoms with van der Waals surface area (Å²) in [6.45, 7) is 1.29. The van der Waals surface area contributed by atoms with Crippen LogP contribution in [0.4, 0.5) is 4.79 Å². The number of H-pyrrole nitrogens is 1. The molecule has 0 aliphatic carbocycles. The topological polar surface area (TPSA) is 144 Å². The molecule has 4 aromatic carbocycles. The monoisotopic (exact) mass is 579 g/mol. The quantitative estimate of drug-likeness (QED) is 0.114. The van der Waals surface area contributed by atoms with Crippen molar-refractivity contribution in [3.05, 3.63) is 141 Å². The highest BCUT2D eigenvalue weighted by atomic mass is 16.5. The van der Waals surface area contributed by atoms with Crippen LogP contribution in [-0.4, -0.2) is 39.5 Å². The van der Waals surface area contributed by atoms with E-state index >= 15 is 0 Å². The van der Waals surface area contributed by atoms with Gasteiger partial charge >= 0.3 is 6.09 Å². The largest absolute Gasteiger partial charge is 0.506 e. The lowest BCUT2D eigenvalue weighted by Gasteiger charge is -2.19. The van der Waals surface area contributed by atoms with Gasteiger partial charge < -0.3 is 35.7 Å². The van der Waals surface area contributed by atoms with Gasteiger partial charge in [0.1, 0.15) is 18.1 Å². The maximum atomic E-state index is 11.6. The van der Waals surface area contributed by atoms with Gasteiger partial charge in [0.25, 0.3) is 0 Å². The van der Waals surface area contributed by atoms with Crippen LogP contribution >= 0.6 is 0 Å². The summed E-state index contributed by atoms with van der Waals surface area (Å²) in [6, 6.07) is 30.5. The molecular weight excluding hydrogens is 546 g/mol. The zero-order chi connectivity index (χ0) is 30.2. The molecule has 0 fully saturated rings. The molecule has 9 nitrogen and oxygen atoms in total. The third-order valence-electron chi connectivity index (χ3n) is 7.18. The van der Waals surface area contributed by atoms with Gasteiger partial charge in [0.2, 0.25) is 5.56 Å². The predicted octanol–water partition coefficient (Wildman–Crippen LogP) is 5.04. The summed E-state index contributed by atoms with van der Waals surface area (Å²) < 4.78 is 6.07. The number of aromatic amines is 1. The van der Waals surface area contributed by atoms with Crippen molar-refractivity contribution in [3.63, 3.8) is 0 Å². The summed E-state index contributed by atoms with van der Waals surface area (Å²) in [5.41, 5.74) is 4.33. The molecule has 1 unspecified atom stereocenters. The van der Waals surface area contributed by atoms with Crippen LogP contribution in [0.2, 0.25) is 0 Å². The number of aromatic hydroxyl groups is 1. The number of phenolic OH excluding ortho intramolecular Hbond substituents is 1. The van der Waals surface area contributed by atoms with Crippen molar-refractivity contribution in [2.75, 3.05) is 13.1 Å². The number of pyridine rings is 1. The van der Waals surface area contributed by atoms with Crippen molar-refractivity contribution in [1.82, 2.24) is 15.6 Å². The van der Waals surface area contributed by atoms with E-state index in [4.69, 9.17) is 4.74 Å². The summed E-state index contributed by atoms with van der Waals surface area (Å²) in [6.07, 6.45) is -1.19. The van der Waals surface area contributed by atoms with E-state index in [-0.39, 0.29) is 11.3 Å². The first-order valence-corrected chi connectivity index (χ1v) is 14.0. The summed E-state index contributed by atoms with van der Waals surface area (Å²) in [5.74, 6) is 0.595. The number of amides is 1. The number of phenols is 1. The second-order valence-electron chi connectivity index (χ2n) is 10.2. The number of fused-ring (bicyclic) bond motifs is 1. The van der Waals surface area contributed by atoms with Crippen LogP contribution in [-0.2, 0) is 13.0 Å². The third kappa shape index (κ3) is 7.59. The van der Waals surface area contributed by atoms with Gasteiger partial charge in [-0.25, -0.2) is 4.79 Å². The minimum absolute atomic E-state index is 0.0419. The van der Waals surface area contributed by atoms with Crippen molar-refractivity contribution in [2.45, 2.75) is 25.2 Å². The third-order valence-corrected chi connectivity index (χ3v) is 7.18. The lowest BCUT2D eigenvalue weighted by Crippen LogP contribution is -2.27. The Balaban J connectivity index is 1.16. The van der Waals surface area contributed by atoms with Crippen LogP contribution in [0.3, 0.4) is 0 Å². The number of carboxylic acid groups (broad SMARTS) is 1. The van der Waals surface area contributed by atoms with Crippen molar-refractivity contribution in [1.29, 1.82) is 0 Å². The molecule has 0 saturated carbocycles. The number of aromatic nitrogens is 1. The molecule has 0 spiro atoms. The summed E-state index contributed by atoms with van der Waals surface area (Å²) >= 11 is 0. The van der Waals surface area contributed by atoms with Gasteiger partial charge in [-0.15, -0.1) is 0 Å². The van der Waals surface area contributed by atoms with E-state index in [0.717, 1.165) is 28.7 Å². The zero-order valence-corrected chi connectivity index (χ0v) is 23.4. The fourth-order valence-electron chi connectivity index (χ4n) is 5.08. The maximum Gasteiger partial charge on any atom is 0.405 e. The average molecular weight is 580 g/mol. The van der Waals surface area contributed by atoms with E-state index in [2.05, 4.69) is 21.7 Å². The zero-order valence-electron chi connectivity index (χ0n) is 23.4. The number of hydrogen-bond donors (Lipinski definition) is 6. The Labute approximate surface area is 248 Å². The number of carbonyl (C=O) groups is 1. The van der Waals surface area contributed by atoms with Crippen molar-refractivity contribution in [2.24, 2.45) is 0 Å². The van der Waals surface area contributed by atoms with Crippen LogP contribution in [0.5, 0.6) is 11.5 Å². The van der Waals surface area contributed by atoms with Gasteiger partial charge in [-0.2, -0.15) is 0 Å². The molecule has 0 bridgehead atoms. The Morgan fingerprint density at radius 1 is 0.860 bits per heavy atom. The molecule has 1 amide bonds. The van der Waals surface area contributed by atoms with Crippen LogP contribution in [0, 0.1) is 0 Å². The molecule has 0 aliphatic heterocycles. The number of nitrogens with one attached hydrogen (secondary N) is 3. The summed E-state index contributed by atoms with van der Waals surface area (Å²) in [4.78, 5) is 25.7. The molecule has 5 rings (SSSR count). The molecule has 9 heteroatoms. The van der Waals surface area contributed by atoms with Gasteiger partial charge in [-0.05, 0) is 65.0 Å².